The van der Waals surface area contributed by atoms with E-state index < -0.39 is 25.7 Å². The molecule has 0 amide bonds. The zero-order valence-corrected chi connectivity index (χ0v) is 39.2. The topological polar surface area (TPSA) is 154 Å². The third-order valence-electron chi connectivity index (χ3n) is 11.0. The molecule has 6 rings (SSSR count). The van der Waals surface area contributed by atoms with Crippen molar-refractivity contribution in [3.8, 4) is 22.3 Å². The molecule has 12 nitrogen and oxygen atoms in total. The number of carbonyl (C=O) groups is 2. The van der Waals surface area contributed by atoms with E-state index >= 15 is 0 Å². The quantitative estimate of drug-likeness (QED) is 0.0497. The predicted molar refractivity (Wildman–Crippen MR) is 255 cm³/mol. The van der Waals surface area contributed by atoms with Crippen LogP contribution in [0.25, 0.3) is 22.3 Å². The van der Waals surface area contributed by atoms with Gasteiger partial charge in [-0.2, -0.15) is 15.0 Å². The molecule has 6 aromatic rings. The van der Waals surface area contributed by atoms with Gasteiger partial charge in [0.1, 0.15) is 11.6 Å². The van der Waals surface area contributed by atoms with Gasteiger partial charge < -0.3 is 19.5 Å². The lowest BCUT2D eigenvalue weighted by Crippen LogP contribution is -2.28. The van der Waals surface area contributed by atoms with Crippen LogP contribution in [0.5, 0.6) is 0 Å². The second-order valence-electron chi connectivity index (χ2n) is 16.5. The summed E-state index contributed by atoms with van der Waals surface area (Å²) in [6.45, 7) is 7.29. The van der Waals surface area contributed by atoms with Gasteiger partial charge in [0.2, 0.25) is 0 Å². The standard InChI is InChI=1S/2C24H28BClFN3O3/c1-3-33-24(31)20(16-30-11-10-28-29-30)13-18(15-25(2)32)12-17-4-6-19(7-5-17)22-14-21(26)8-9-23(22)27;1-3-33-24(31)20(16-30-28-10-11-29-30)13-18(15-25(2)32)12-17-4-6-19(7-5-17)22-14-21(26)8-9-23(22)27/h2*4-11,14,18,20,32H,3,12-13,15-16H2,1-2H3/t2*18-,20+/m11/s1. The van der Waals surface area contributed by atoms with Crippen molar-refractivity contribution in [2.45, 2.75) is 78.9 Å². The van der Waals surface area contributed by atoms with Gasteiger partial charge in [0.25, 0.3) is 13.8 Å². The van der Waals surface area contributed by atoms with E-state index in [-0.39, 0.29) is 35.4 Å². The number of halogens is 4. The Bertz CT molecular complexity index is 2230. The van der Waals surface area contributed by atoms with Crippen LogP contribution >= 0.6 is 23.2 Å². The van der Waals surface area contributed by atoms with Crippen molar-refractivity contribution < 1.29 is 37.9 Å². The van der Waals surface area contributed by atoms with Crippen LogP contribution in [0.4, 0.5) is 8.78 Å². The first kappa shape index (κ1) is 51.6. The first-order chi connectivity index (χ1) is 31.7. The molecule has 0 bridgehead atoms. The van der Waals surface area contributed by atoms with Gasteiger partial charge in [-0.25, -0.2) is 8.78 Å². The molecule has 2 heterocycles. The van der Waals surface area contributed by atoms with Crippen molar-refractivity contribution in [2.75, 3.05) is 13.2 Å². The van der Waals surface area contributed by atoms with Crippen LogP contribution < -0.4 is 0 Å². The zero-order chi connectivity index (χ0) is 47.6. The van der Waals surface area contributed by atoms with Gasteiger partial charge >= 0.3 is 11.9 Å². The second kappa shape index (κ2) is 26.1. The lowest BCUT2D eigenvalue weighted by molar-refractivity contribution is -0.150. The van der Waals surface area contributed by atoms with E-state index in [0.29, 0.717) is 85.8 Å². The van der Waals surface area contributed by atoms with E-state index in [1.54, 1.807) is 69.1 Å². The number of hydrogen-bond donors (Lipinski definition) is 2. The van der Waals surface area contributed by atoms with Crippen LogP contribution in [0.3, 0.4) is 0 Å². The third kappa shape index (κ3) is 16.5. The number of benzene rings is 4. The van der Waals surface area contributed by atoms with Crippen LogP contribution in [-0.2, 0) is 45.0 Å². The highest BCUT2D eigenvalue weighted by molar-refractivity contribution is 6.48. The van der Waals surface area contributed by atoms with E-state index in [0.717, 1.165) is 22.3 Å². The summed E-state index contributed by atoms with van der Waals surface area (Å²) in [6.07, 6.45) is 9.88. The van der Waals surface area contributed by atoms with Gasteiger partial charge in [-0.15, -0.1) is 5.10 Å². The number of hydrogen-bond acceptors (Lipinski definition) is 10. The fourth-order valence-electron chi connectivity index (χ4n) is 8.14. The zero-order valence-electron chi connectivity index (χ0n) is 37.7. The highest BCUT2D eigenvalue weighted by Gasteiger charge is 2.29. The summed E-state index contributed by atoms with van der Waals surface area (Å²) in [5, 5.41) is 37.1. The lowest BCUT2D eigenvalue weighted by Gasteiger charge is -2.23. The summed E-state index contributed by atoms with van der Waals surface area (Å²) in [5.74, 6) is -2.00. The number of rotatable bonds is 22. The van der Waals surface area contributed by atoms with Gasteiger partial charge in [0, 0.05) is 27.4 Å². The monoisotopic (exact) mass is 942 g/mol. The van der Waals surface area contributed by atoms with E-state index in [1.807, 2.05) is 48.5 Å². The summed E-state index contributed by atoms with van der Waals surface area (Å²) in [4.78, 5) is 26.7. The van der Waals surface area contributed by atoms with Crippen LogP contribution in [-0.4, -0.2) is 79.0 Å². The third-order valence-corrected chi connectivity index (χ3v) is 11.5. The van der Waals surface area contributed by atoms with Crippen LogP contribution in [0.15, 0.2) is 110 Å². The Labute approximate surface area is 395 Å². The molecule has 0 aliphatic rings. The minimum Gasteiger partial charge on any atom is -0.466 e. The largest absolute Gasteiger partial charge is 0.466 e. The molecule has 18 heteroatoms. The molecule has 348 valence electrons. The Morgan fingerprint density at radius 1 is 0.667 bits per heavy atom. The number of esters is 2. The fourth-order valence-corrected chi connectivity index (χ4v) is 8.49. The Balaban J connectivity index is 0.000000247. The van der Waals surface area contributed by atoms with Crippen molar-refractivity contribution in [1.82, 2.24) is 30.0 Å². The summed E-state index contributed by atoms with van der Waals surface area (Å²) >= 11 is 12.0. The van der Waals surface area contributed by atoms with Crippen molar-refractivity contribution in [3.63, 3.8) is 0 Å². The normalized spacial score (nSPS) is 12.9. The molecule has 0 spiro atoms. The van der Waals surface area contributed by atoms with E-state index in [9.17, 15) is 28.4 Å². The first-order valence-corrected chi connectivity index (χ1v) is 22.9. The molecule has 4 aromatic carbocycles. The van der Waals surface area contributed by atoms with Crippen molar-refractivity contribution in [1.29, 1.82) is 0 Å². The Kier molecular flexibility index (Phi) is 20.4. The van der Waals surface area contributed by atoms with Gasteiger partial charge in [-0.1, -0.05) is 90.6 Å². The highest BCUT2D eigenvalue weighted by Crippen LogP contribution is 2.31. The van der Waals surface area contributed by atoms with Crippen molar-refractivity contribution in [2.24, 2.45) is 23.7 Å². The van der Waals surface area contributed by atoms with Crippen LogP contribution in [0.1, 0.15) is 37.8 Å². The first-order valence-electron chi connectivity index (χ1n) is 22.2. The average Bonchev–Trinajstić information content (AvgIpc) is 4.01. The SMILES string of the molecule is CCOC(=O)[C@@H](C[C@H](CB(C)O)Cc1ccc(-c2cc(Cl)ccc2F)cc1)Cn1ccnn1.CCOC(=O)[C@@H](C[C@H](CB(C)O)Cc1ccc(-c2cc(Cl)ccc2F)cc1)Cn1nccn1. The molecule has 2 aromatic heterocycles. The maximum atomic E-state index is 14.2. The number of aromatic nitrogens is 6. The van der Waals surface area contributed by atoms with Crippen molar-refractivity contribution in [3.05, 3.63) is 143 Å². The molecule has 66 heavy (non-hydrogen) atoms. The molecule has 0 radical (unpaired) electrons. The maximum absolute atomic E-state index is 14.2. The Morgan fingerprint density at radius 3 is 1.50 bits per heavy atom. The molecule has 0 saturated heterocycles. The fraction of sp³-hybridized carbons (Fsp3) is 0.375. The van der Waals surface area contributed by atoms with Gasteiger partial charge in [-0.05, 0) is 123 Å². The molecule has 0 saturated carbocycles. The molecule has 4 atom stereocenters. The molecule has 0 fully saturated rings. The summed E-state index contributed by atoms with van der Waals surface area (Å²) in [7, 11) is 0. The maximum Gasteiger partial charge on any atom is 0.310 e. The Hall–Kier alpha value is -5.41. The summed E-state index contributed by atoms with van der Waals surface area (Å²) in [6, 6.07) is 24.2. The van der Waals surface area contributed by atoms with Crippen molar-refractivity contribution >= 4 is 49.0 Å². The number of carbonyl (C=O) groups excluding carboxylic acids is 2. The average molecular weight is 944 g/mol. The molecule has 0 aliphatic heterocycles. The molecule has 0 aliphatic carbocycles. The lowest BCUT2D eigenvalue weighted by atomic mass is 9.62. The minimum atomic E-state index is -0.513. The number of nitrogens with zero attached hydrogens (tertiary/aromatic N) is 6. The van der Waals surface area contributed by atoms with E-state index in [2.05, 4.69) is 20.5 Å². The smallest absolute Gasteiger partial charge is 0.310 e. The van der Waals surface area contributed by atoms with Gasteiger partial charge in [0.05, 0.1) is 56.7 Å². The molecule has 2 N–H and O–H groups in total. The molecular formula is C48H56B2Cl2F2N6O6. The summed E-state index contributed by atoms with van der Waals surface area (Å²) in [5.41, 5.74) is 4.44. The predicted octanol–water partition coefficient (Wildman–Crippen LogP) is 9.56. The van der Waals surface area contributed by atoms with E-state index in [4.69, 9.17) is 32.7 Å². The second-order valence-corrected chi connectivity index (χ2v) is 17.4. The minimum absolute atomic E-state index is 0.0312. The molecular weight excluding hydrogens is 887 g/mol. The van der Waals surface area contributed by atoms with Crippen LogP contribution in [0.2, 0.25) is 36.3 Å². The number of ether oxygens (including phenoxy) is 2. The molecule has 0 unspecified atom stereocenters. The van der Waals surface area contributed by atoms with Gasteiger partial charge in [-0.3, -0.25) is 14.3 Å². The summed E-state index contributed by atoms with van der Waals surface area (Å²) < 4.78 is 40.6. The highest BCUT2D eigenvalue weighted by atomic mass is 35.5. The van der Waals surface area contributed by atoms with Crippen LogP contribution in [0, 0.1) is 35.3 Å². The van der Waals surface area contributed by atoms with E-state index in [1.165, 1.54) is 29.1 Å². The van der Waals surface area contributed by atoms with Gasteiger partial charge in [0.15, 0.2) is 0 Å². The Morgan fingerprint density at radius 2 is 1.11 bits per heavy atom.